The predicted molar refractivity (Wildman–Crippen MR) is 72.5 cm³/mol. The molecule has 1 aromatic rings. The summed E-state index contributed by atoms with van der Waals surface area (Å²) in [4.78, 5) is 11.9. The van der Waals surface area contributed by atoms with E-state index in [9.17, 15) is 4.79 Å². The van der Waals surface area contributed by atoms with Crippen LogP contribution in [0.3, 0.4) is 0 Å². The van der Waals surface area contributed by atoms with E-state index in [0.29, 0.717) is 28.8 Å². The molecule has 1 amide bonds. The zero-order valence-electron chi connectivity index (χ0n) is 9.46. The molecule has 2 N–H and O–H groups in total. The number of hydrogen-bond acceptors (Lipinski definition) is 3. The molecule has 2 heterocycles. The standard InChI is InChI=1S/C12H11ClN2O2.ClH/c13-8-1-2-10-9(5-8)15-12(16)11(17-10)7-3-4-14-6-7;/h1-2,5,14H,3-4,6H2,(H,15,16);1H/b11-7-;. The highest BCUT2D eigenvalue weighted by atomic mass is 35.5. The molecule has 2 aliphatic rings. The molecule has 1 saturated heterocycles. The van der Waals surface area contributed by atoms with Crippen LogP contribution in [0.5, 0.6) is 5.75 Å². The molecule has 0 aromatic heterocycles. The third kappa shape index (κ3) is 2.32. The van der Waals surface area contributed by atoms with Gasteiger partial charge in [-0.1, -0.05) is 11.6 Å². The van der Waals surface area contributed by atoms with Gasteiger partial charge in [0.15, 0.2) is 11.5 Å². The van der Waals surface area contributed by atoms with Crippen molar-refractivity contribution < 1.29 is 9.53 Å². The van der Waals surface area contributed by atoms with Gasteiger partial charge in [-0.15, -0.1) is 12.4 Å². The van der Waals surface area contributed by atoms with Crippen LogP contribution >= 0.6 is 24.0 Å². The van der Waals surface area contributed by atoms with Crippen LogP contribution in [-0.4, -0.2) is 19.0 Å². The smallest absolute Gasteiger partial charge is 0.291 e. The van der Waals surface area contributed by atoms with E-state index in [1.165, 1.54) is 0 Å². The Bertz CT molecular complexity index is 521. The van der Waals surface area contributed by atoms with Gasteiger partial charge in [0, 0.05) is 11.6 Å². The number of carbonyl (C=O) groups excluding carboxylic acids is 1. The SMILES string of the molecule is Cl.O=C1Nc2cc(Cl)ccc2O/C1=C1/CCNC1. The summed E-state index contributed by atoms with van der Waals surface area (Å²) >= 11 is 5.86. The van der Waals surface area contributed by atoms with E-state index in [1.807, 2.05) is 0 Å². The Kier molecular flexibility index (Phi) is 3.80. The molecule has 0 unspecified atom stereocenters. The van der Waals surface area contributed by atoms with Crippen LogP contribution in [0.2, 0.25) is 5.02 Å². The highest BCUT2D eigenvalue weighted by Gasteiger charge is 2.26. The second kappa shape index (κ2) is 5.18. The van der Waals surface area contributed by atoms with Gasteiger partial charge in [-0.3, -0.25) is 4.79 Å². The van der Waals surface area contributed by atoms with Crippen LogP contribution in [0.15, 0.2) is 29.5 Å². The Labute approximate surface area is 116 Å². The average Bonchev–Trinajstić information content (AvgIpc) is 2.81. The van der Waals surface area contributed by atoms with Crippen molar-refractivity contribution in [1.29, 1.82) is 0 Å². The fourth-order valence-corrected chi connectivity index (χ4v) is 2.19. The first-order chi connectivity index (χ1) is 8.24. The van der Waals surface area contributed by atoms with Crippen LogP contribution < -0.4 is 15.4 Å². The Morgan fingerprint density at radius 3 is 2.89 bits per heavy atom. The number of nitrogens with one attached hydrogen (secondary N) is 2. The second-order valence-electron chi connectivity index (χ2n) is 4.06. The van der Waals surface area contributed by atoms with E-state index in [-0.39, 0.29) is 18.3 Å². The Morgan fingerprint density at radius 2 is 2.17 bits per heavy atom. The molecular weight excluding hydrogens is 275 g/mol. The third-order valence-electron chi connectivity index (χ3n) is 2.87. The van der Waals surface area contributed by atoms with Crippen LogP contribution in [0.4, 0.5) is 5.69 Å². The maximum absolute atomic E-state index is 11.9. The molecule has 0 saturated carbocycles. The first-order valence-electron chi connectivity index (χ1n) is 5.45. The zero-order chi connectivity index (χ0) is 11.8. The molecular formula is C12H12Cl2N2O2. The molecule has 0 aliphatic carbocycles. The number of halogens is 2. The second-order valence-corrected chi connectivity index (χ2v) is 4.49. The third-order valence-corrected chi connectivity index (χ3v) is 3.11. The summed E-state index contributed by atoms with van der Waals surface area (Å²) in [6, 6.07) is 5.19. The molecule has 6 heteroatoms. The van der Waals surface area contributed by atoms with Gasteiger partial charge in [-0.25, -0.2) is 0 Å². The van der Waals surface area contributed by atoms with Crippen molar-refractivity contribution in [1.82, 2.24) is 5.32 Å². The van der Waals surface area contributed by atoms with Crippen molar-refractivity contribution >= 4 is 35.6 Å². The molecule has 0 bridgehead atoms. The van der Waals surface area contributed by atoms with Gasteiger partial charge in [0.05, 0.1) is 5.69 Å². The van der Waals surface area contributed by atoms with Gasteiger partial charge in [0.25, 0.3) is 5.91 Å². The van der Waals surface area contributed by atoms with Gasteiger partial charge in [0.1, 0.15) is 0 Å². The topological polar surface area (TPSA) is 50.4 Å². The fraction of sp³-hybridized carbons (Fsp3) is 0.250. The van der Waals surface area contributed by atoms with Crippen molar-refractivity contribution in [2.45, 2.75) is 6.42 Å². The number of ether oxygens (including phenoxy) is 1. The average molecular weight is 287 g/mol. The lowest BCUT2D eigenvalue weighted by Gasteiger charge is -2.21. The minimum absolute atomic E-state index is 0. The lowest BCUT2D eigenvalue weighted by Crippen LogP contribution is -2.25. The van der Waals surface area contributed by atoms with Crippen molar-refractivity contribution in [3.63, 3.8) is 0 Å². The highest BCUT2D eigenvalue weighted by molar-refractivity contribution is 6.31. The number of benzene rings is 1. The predicted octanol–water partition coefficient (Wildman–Crippen LogP) is 2.34. The summed E-state index contributed by atoms with van der Waals surface area (Å²) in [7, 11) is 0. The van der Waals surface area contributed by atoms with Crippen molar-refractivity contribution in [3.05, 3.63) is 34.6 Å². The Hall–Kier alpha value is -1.23. The van der Waals surface area contributed by atoms with Gasteiger partial charge < -0.3 is 15.4 Å². The van der Waals surface area contributed by atoms with Crippen LogP contribution in [0, 0.1) is 0 Å². The van der Waals surface area contributed by atoms with E-state index in [2.05, 4.69) is 10.6 Å². The number of rotatable bonds is 0. The Balaban J connectivity index is 0.00000120. The minimum atomic E-state index is -0.196. The molecule has 3 rings (SSSR count). The first-order valence-corrected chi connectivity index (χ1v) is 5.83. The molecule has 0 radical (unpaired) electrons. The van der Waals surface area contributed by atoms with Gasteiger partial charge in [0.2, 0.25) is 0 Å². The summed E-state index contributed by atoms with van der Waals surface area (Å²) in [5.74, 6) is 0.867. The quantitative estimate of drug-likeness (QED) is 0.720. The lowest BCUT2D eigenvalue weighted by atomic mass is 10.1. The summed E-state index contributed by atoms with van der Waals surface area (Å²) in [5, 5.41) is 6.55. The van der Waals surface area contributed by atoms with E-state index in [0.717, 1.165) is 18.5 Å². The minimum Gasteiger partial charge on any atom is -0.449 e. The molecule has 0 spiro atoms. The fourth-order valence-electron chi connectivity index (χ4n) is 2.02. The molecule has 18 heavy (non-hydrogen) atoms. The normalized spacial score (nSPS) is 21.7. The maximum atomic E-state index is 11.9. The highest BCUT2D eigenvalue weighted by Crippen LogP contribution is 2.34. The van der Waals surface area contributed by atoms with Gasteiger partial charge >= 0.3 is 0 Å². The summed E-state index contributed by atoms with van der Waals surface area (Å²) in [6.45, 7) is 1.61. The van der Waals surface area contributed by atoms with Gasteiger partial charge in [-0.05, 0) is 36.7 Å². The largest absolute Gasteiger partial charge is 0.449 e. The van der Waals surface area contributed by atoms with E-state index < -0.39 is 0 Å². The van der Waals surface area contributed by atoms with E-state index >= 15 is 0 Å². The number of anilines is 1. The summed E-state index contributed by atoms with van der Waals surface area (Å²) < 4.78 is 5.65. The van der Waals surface area contributed by atoms with Crippen molar-refractivity contribution in [2.24, 2.45) is 0 Å². The molecule has 2 aliphatic heterocycles. The number of carbonyl (C=O) groups is 1. The van der Waals surface area contributed by atoms with Crippen molar-refractivity contribution in [2.75, 3.05) is 18.4 Å². The van der Waals surface area contributed by atoms with E-state index in [1.54, 1.807) is 18.2 Å². The molecule has 4 nitrogen and oxygen atoms in total. The van der Waals surface area contributed by atoms with Gasteiger partial charge in [-0.2, -0.15) is 0 Å². The zero-order valence-corrected chi connectivity index (χ0v) is 11.0. The molecule has 0 atom stereocenters. The Morgan fingerprint density at radius 1 is 1.33 bits per heavy atom. The molecule has 1 fully saturated rings. The number of hydrogen-bond donors (Lipinski definition) is 2. The number of fused-ring (bicyclic) bond motifs is 1. The van der Waals surface area contributed by atoms with Crippen LogP contribution in [0.1, 0.15) is 6.42 Å². The summed E-state index contributed by atoms with van der Waals surface area (Å²) in [6.07, 6.45) is 0.853. The van der Waals surface area contributed by atoms with E-state index in [4.69, 9.17) is 16.3 Å². The lowest BCUT2D eigenvalue weighted by molar-refractivity contribution is -0.115. The molecule has 96 valence electrons. The maximum Gasteiger partial charge on any atom is 0.291 e. The van der Waals surface area contributed by atoms with Crippen molar-refractivity contribution in [3.8, 4) is 5.75 Å². The monoisotopic (exact) mass is 286 g/mol. The summed E-state index contributed by atoms with van der Waals surface area (Å²) in [5.41, 5.74) is 1.64. The van der Waals surface area contributed by atoms with Crippen LogP contribution in [-0.2, 0) is 4.79 Å². The molecule has 1 aromatic carbocycles. The first kappa shape index (κ1) is 13.2. The number of amides is 1. The van der Waals surface area contributed by atoms with Crippen LogP contribution in [0.25, 0.3) is 0 Å².